The number of halogens is 2. The monoisotopic (exact) mass is 352 g/mol. The molecule has 0 unspecified atom stereocenters. The molecule has 2 aromatic rings. The summed E-state index contributed by atoms with van der Waals surface area (Å²) in [5, 5.41) is 3.55. The Labute approximate surface area is 131 Å². The third-order valence-corrected chi connectivity index (χ3v) is 4.26. The van der Waals surface area contributed by atoms with Gasteiger partial charge in [0.05, 0.1) is 0 Å². The number of anilines is 1. The molecule has 0 atom stereocenters. The molecular formula is C15H14BrClN2O. The molecule has 1 heterocycles. The Morgan fingerprint density at radius 3 is 2.80 bits per heavy atom. The molecule has 1 aliphatic rings. The quantitative estimate of drug-likeness (QED) is 0.845. The molecule has 3 rings (SSSR count). The third kappa shape index (κ3) is 2.76. The molecule has 1 amide bonds. The van der Waals surface area contributed by atoms with Gasteiger partial charge in [0.1, 0.15) is 5.69 Å². The van der Waals surface area contributed by atoms with Gasteiger partial charge in [0, 0.05) is 27.4 Å². The summed E-state index contributed by atoms with van der Waals surface area (Å²) < 4.78 is 2.96. The predicted octanol–water partition coefficient (Wildman–Crippen LogP) is 4.80. The average molecular weight is 354 g/mol. The second-order valence-electron chi connectivity index (χ2n) is 5.10. The lowest BCUT2D eigenvalue weighted by atomic mass is 10.2. The fourth-order valence-electron chi connectivity index (χ4n) is 2.15. The van der Waals surface area contributed by atoms with Crippen LogP contribution in [0.2, 0.25) is 5.02 Å². The summed E-state index contributed by atoms with van der Waals surface area (Å²) in [5.74, 6) is -0.109. The van der Waals surface area contributed by atoms with Crippen molar-refractivity contribution in [2.45, 2.75) is 25.8 Å². The van der Waals surface area contributed by atoms with Crippen LogP contribution in [0.5, 0.6) is 0 Å². The second-order valence-corrected chi connectivity index (χ2v) is 6.42. The molecule has 1 aromatic carbocycles. The first-order valence-corrected chi connectivity index (χ1v) is 7.66. The van der Waals surface area contributed by atoms with Gasteiger partial charge in [-0.1, -0.05) is 17.7 Å². The van der Waals surface area contributed by atoms with Gasteiger partial charge in [0.15, 0.2) is 0 Å². The highest BCUT2D eigenvalue weighted by Gasteiger charge is 2.27. The molecule has 0 spiro atoms. The van der Waals surface area contributed by atoms with Crippen LogP contribution in [0.1, 0.15) is 34.9 Å². The number of nitrogens with one attached hydrogen (secondary N) is 1. The maximum Gasteiger partial charge on any atom is 0.272 e. The van der Waals surface area contributed by atoms with E-state index in [1.807, 2.05) is 35.9 Å². The van der Waals surface area contributed by atoms with E-state index < -0.39 is 0 Å². The van der Waals surface area contributed by atoms with Crippen molar-refractivity contribution in [2.24, 2.45) is 0 Å². The van der Waals surface area contributed by atoms with Gasteiger partial charge < -0.3 is 9.88 Å². The van der Waals surface area contributed by atoms with Crippen LogP contribution in [-0.4, -0.2) is 10.5 Å². The van der Waals surface area contributed by atoms with Crippen molar-refractivity contribution in [3.63, 3.8) is 0 Å². The van der Waals surface area contributed by atoms with Gasteiger partial charge >= 0.3 is 0 Å². The molecule has 5 heteroatoms. The smallest absolute Gasteiger partial charge is 0.272 e. The predicted molar refractivity (Wildman–Crippen MR) is 84.5 cm³/mol. The van der Waals surface area contributed by atoms with Crippen LogP contribution in [0.3, 0.4) is 0 Å². The summed E-state index contributed by atoms with van der Waals surface area (Å²) >= 11 is 9.51. The lowest BCUT2D eigenvalue weighted by molar-refractivity contribution is 0.101. The number of nitrogens with zero attached hydrogens (tertiary/aromatic N) is 1. The minimum atomic E-state index is -0.109. The fraction of sp³-hybridized carbons (Fsp3) is 0.267. The van der Waals surface area contributed by atoms with Crippen molar-refractivity contribution in [2.75, 3.05) is 5.32 Å². The Bertz CT molecular complexity index is 677. The highest BCUT2D eigenvalue weighted by atomic mass is 79.9. The summed E-state index contributed by atoms with van der Waals surface area (Å²) in [6.07, 6.45) is 4.24. The topological polar surface area (TPSA) is 34.0 Å². The molecule has 0 radical (unpaired) electrons. The molecule has 0 saturated heterocycles. The van der Waals surface area contributed by atoms with Gasteiger partial charge in [0.25, 0.3) is 5.91 Å². The second kappa shape index (κ2) is 5.26. The molecule has 104 valence electrons. The molecule has 1 N–H and O–H groups in total. The highest BCUT2D eigenvalue weighted by Crippen LogP contribution is 2.37. The number of amides is 1. The van der Waals surface area contributed by atoms with Gasteiger partial charge in [-0.3, -0.25) is 4.79 Å². The lowest BCUT2D eigenvalue weighted by Crippen LogP contribution is -2.16. The maximum atomic E-state index is 12.4. The van der Waals surface area contributed by atoms with Crippen molar-refractivity contribution in [3.8, 4) is 0 Å². The zero-order chi connectivity index (χ0) is 14.3. The minimum absolute atomic E-state index is 0.109. The van der Waals surface area contributed by atoms with Gasteiger partial charge in [-0.2, -0.15) is 0 Å². The Hall–Kier alpha value is -1.26. The van der Waals surface area contributed by atoms with E-state index in [4.69, 9.17) is 11.6 Å². The number of rotatable bonds is 3. The van der Waals surface area contributed by atoms with E-state index >= 15 is 0 Å². The lowest BCUT2D eigenvalue weighted by Gasteiger charge is -2.09. The Morgan fingerprint density at radius 2 is 2.15 bits per heavy atom. The maximum absolute atomic E-state index is 12.4. The number of aromatic nitrogens is 1. The van der Waals surface area contributed by atoms with Crippen molar-refractivity contribution in [3.05, 3.63) is 51.2 Å². The van der Waals surface area contributed by atoms with Gasteiger partial charge in [0.2, 0.25) is 0 Å². The van der Waals surface area contributed by atoms with Crippen LogP contribution in [0.25, 0.3) is 0 Å². The number of benzene rings is 1. The van der Waals surface area contributed by atoms with E-state index in [-0.39, 0.29) is 5.91 Å². The van der Waals surface area contributed by atoms with Crippen LogP contribution in [-0.2, 0) is 0 Å². The average Bonchev–Trinajstić information content (AvgIpc) is 3.17. The van der Waals surface area contributed by atoms with Crippen molar-refractivity contribution < 1.29 is 4.79 Å². The first kappa shape index (κ1) is 13.7. The minimum Gasteiger partial charge on any atom is -0.339 e. The molecule has 1 fully saturated rings. The summed E-state index contributed by atoms with van der Waals surface area (Å²) in [6, 6.07) is 7.84. The molecule has 1 saturated carbocycles. The Balaban J connectivity index is 1.84. The van der Waals surface area contributed by atoms with Crippen molar-refractivity contribution in [1.29, 1.82) is 0 Å². The van der Waals surface area contributed by atoms with E-state index in [2.05, 4.69) is 21.2 Å². The molecule has 3 nitrogen and oxygen atoms in total. The number of carbonyl (C=O) groups excluding carboxylic acids is 1. The zero-order valence-corrected chi connectivity index (χ0v) is 13.3. The van der Waals surface area contributed by atoms with Gasteiger partial charge in [-0.15, -0.1) is 0 Å². The van der Waals surface area contributed by atoms with E-state index in [9.17, 15) is 4.79 Å². The van der Waals surface area contributed by atoms with Crippen LogP contribution >= 0.6 is 27.5 Å². The van der Waals surface area contributed by atoms with Crippen LogP contribution in [0.4, 0.5) is 5.69 Å². The van der Waals surface area contributed by atoms with Crippen LogP contribution in [0, 0.1) is 6.92 Å². The van der Waals surface area contributed by atoms with E-state index in [1.165, 1.54) is 0 Å². The summed E-state index contributed by atoms with van der Waals surface area (Å²) in [4.78, 5) is 12.4. The van der Waals surface area contributed by atoms with E-state index in [0.29, 0.717) is 22.4 Å². The number of carbonyl (C=O) groups is 1. The molecule has 0 aliphatic heterocycles. The zero-order valence-electron chi connectivity index (χ0n) is 11.0. The summed E-state index contributed by atoms with van der Waals surface area (Å²) in [7, 11) is 0. The van der Waals surface area contributed by atoms with Crippen molar-refractivity contribution in [1.82, 2.24) is 4.57 Å². The number of hydrogen-bond acceptors (Lipinski definition) is 1. The van der Waals surface area contributed by atoms with Gasteiger partial charge in [-0.05, 0) is 59.5 Å². The van der Waals surface area contributed by atoms with Crippen LogP contribution in [0.15, 0.2) is 34.9 Å². The first-order chi connectivity index (χ1) is 9.54. The molecule has 1 aliphatic carbocycles. The van der Waals surface area contributed by atoms with E-state index in [0.717, 1.165) is 22.9 Å². The molecule has 20 heavy (non-hydrogen) atoms. The van der Waals surface area contributed by atoms with Crippen LogP contribution < -0.4 is 5.32 Å². The normalized spacial score (nSPS) is 14.3. The summed E-state index contributed by atoms with van der Waals surface area (Å²) in [5.41, 5.74) is 2.38. The molecule has 1 aromatic heterocycles. The first-order valence-electron chi connectivity index (χ1n) is 6.49. The molecular weight excluding hydrogens is 340 g/mol. The Kier molecular flexibility index (Phi) is 3.61. The number of hydrogen-bond donors (Lipinski definition) is 1. The largest absolute Gasteiger partial charge is 0.339 e. The Morgan fingerprint density at radius 1 is 1.40 bits per heavy atom. The standard InChI is InChI=1S/C15H14BrClN2O/c1-9-2-3-11(7-13(9)17)18-15(20)14-6-10(16)8-19(14)12-4-5-12/h2-3,6-8,12H,4-5H2,1H3,(H,18,20). The van der Waals surface area contributed by atoms with Crippen molar-refractivity contribution >= 4 is 39.1 Å². The SMILES string of the molecule is Cc1ccc(NC(=O)c2cc(Br)cn2C2CC2)cc1Cl. The molecule has 0 bridgehead atoms. The van der Waals surface area contributed by atoms with E-state index in [1.54, 1.807) is 6.07 Å². The fourth-order valence-corrected chi connectivity index (χ4v) is 2.77. The van der Waals surface area contributed by atoms with Gasteiger partial charge in [-0.25, -0.2) is 0 Å². The third-order valence-electron chi connectivity index (χ3n) is 3.42. The summed E-state index contributed by atoms with van der Waals surface area (Å²) in [6.45, 7) is 1.93. The number of aryl methyl sites for hydroxylation is 1. The highest BCUT2D eigenvalue weighted by molar-refractivity contribution is 9.10.